The highest BCUT2D eigenvalue weighted by molar-refractivity contribution is 7.21. The van der Waals surface area contributed by atoms with E-state index in [-0.39, 0.29) is 0 Å². The van der Waals surface area contributed by atoms with E-state index >= 15 is 0 Å². The van der Waals surface area contributed by atoms with E-state index in [9.17, 15) is 23.3 Å². The largest absolute Gasteiger partial charge is 0.504 e. The number of thiazole rings is 1. The summed E-state index contributed by atoms with van der Waals surface area (Å²) in [4.78, 5) is 4.13. The van der Waals surface area contributed by atoms with Crippen molar-refractivity contribution in [2.24, 2.45) is 0 Å². The first kappa shape index (κ1) is 19.9. The van der Waals surface area contributed by atoms with Gasteiger partial charge in [-0.1, -0.05) is 12.1 Å². The van der Waals surface area contributed by atoms with Crippen molar-refractivity contribution >= 4 is 23.2 Å². The van der Waals surface area contributed by atoms with Gasteiger partial charge < -0.3 is 14.8 Å². The fraction of sp³-hybridized carbons (Fsp3) is 0.438. The summed E-state index contributed by atoms with van der Waals surface area (Å²) < 4.78 is 44.0. The van der Waals surface area contributed by atoms with Crippen LogP contribution < -0.4 is 4.78 Å². The van der Waals surface area contributed by atoms with Crippen molar-refractivity contribution in [2.45, 2.75) is 45.1 Å². The van der Waals surface area contributed by atoms with E-state index in [1.165, 1.54) is 17.6 Å². The van der Waals surface area contributed by atoms with Crippen LogP contribution in [0.5, 0.6) is 0 Å². The van der Waals surface area contributed by atoms with Gasteiger partial charge in [-0.15, -0.1) is 11.3 Å². The third kappa shape index (κ3) is 4.41. The van der Waals surface area contributed by atoms with Gasteiger partial charge >= 0.3 is 13.3 Å². The Hall–Kier alpha value is -1.42. The van der Waals surface area contributed by atoms with Crippen molar-refractivity contribution in [1.82, 2.24) is 4.98 Å². The van der Waals surface area contributed by atoms with E-state index in [1.807, 2.05) is 0 Å². The summed E-state index contributed by atoms with van der Waals surface area (Å²) in [6.45, 7) is 6.39. The maximum absolute atomic E-state index is 12.7. The molecule has 0 aliphatic rings. The lowest BCUT2D eigenvalue weighted by atomic mass is 9.80. The van der Waals surface area contributed by atoms with Crippen molar-refractivity contribution < 1.29 is 28.0 Å². The van der Waals surface area contributed by atoms with Gasteiger partial charge in [0.25, 0.3) is 0 Å². The Kier molecular flexibility index (Phi) is 5.35. The smallest absolute Gasteiger partial charge is 0.422 e. The molecule has 25 heavy (non-hydrogen) atoms. The topological polar surface area (TPSA) is 62.6 Å². The molecular weight excluding hydrogens is 354 g/mol. The van der Waals surface area contributed by atoms with Gasteiger partial charge in [-0.25, -0.2) is 4.98 Å². The summed E-state index contributed by atoms with van der Waals surface area (Å²) in [5.74, 6) is 0. The number of hydrogen-bond acceptors (Lipinski definition) is 5. The first-order valence-corrected chi connectivity index (χ1v) is 8.40. The summed E-state index contributed by atoms with van der Waals surface area (Å²) >= 11 is 1.12. The molecule has 0 aliphatic heterocycles. The molecule has 4 nitrogen and oxygen atoms in total. The Bertz CT molecular complexity index is 723. The number of benzene rings is 1. The van der Waals surface area contributed by atoms with Gasteiger partial charge in [0.15, 0.2) is 0 Å². The Morgan fingerprint density at radius 3 is 2.12 bits per heavy atom. The molecule has 1 heterocycles. The molecule has 0 aliphatic carbocycles. The van der Waals surface area contributed by atoms with Gasteiger partial charge in [-0.2, -0.15) is 13.2 Å². The molecule has 0 bridgehead atoms. The SMILES string of the molecule is CC(C)(O)C(C)(C)OB(O)c1scnc1-c1ccc(C(F)(F)F)cc1. The molecule has 0 spiro atoms. The van der Waals surface area contributed by atoms with E-state index in [0.29, 0.717) is 16.0 Å². The number of alkyl halides is 3. The molecule has 0 saturated carbocycles. The average Bonchev–Trinajstić information content (AvgIpc) is 2.94. The van der Waals surface area contributed by atoms with Crippen LogP contribution in [0.15, 0.2) is 29.8 Å². The van der Waals surface area contributed by atoms with Gasteiger partial charge in [0.1, 0.15) is 0 Å². The highest BCUT2D eigenvalue weighted by Crippen LogP contribution is 2.31. The van der Waals surface area contributed by atoms with E-state index in [0.717, 1.165) is 23.5 Å². The van der Waals surface area contributed by atoms with Crippen LogP contribution in [-0.4, -0.2) is 33.4 Å². The number of hydrogen-bond donors (Lipinski definition) is 2. The van der Waals surface area contributed by atoms with Gasteiger partial charge in [0, 0.05) is 5.56 Å². The summed E-state index contributed by atoms with van der Waals surface area (Å²) in [5, 5.41) is 20.5. The van der Waals surface area contributed by atoms with Crippen molar-refractivity contribution in [3.05, 3.63) is 35.3 Å². The number of halogens is 3. The normalized spacial score (nSPS) is 13.2. The van der Waals surface area contributed by atoms with Gasteiger partial charge in [-0.3, -0.25) is 0 Å². The standard InChI is InChI=1S/C16H19BF3NO3S/c1-14(2,22)15(3,4)24-17(23)13-12(21-9-25-13)10-5-7-11(8-6-10)16(18,19)20/h5-9,22-23H,1-4H3. The third-order valence-corrected chi connectivity index (χ3v) is 5.04. The second kappa shape index (κ2) is 6.72. The fourth-order valence-corrected chi connectivity index (χ4v) is 2.66. The lowest BCUT2D eigenvalue weighted by Crippen LogP contribution is -2.53. The average molecular weight is 373 g/mol. The molecule has 2 aromatic rings. The minimum Gasteiger partial charge on any atom is -0.422 e. The monoisotopic (exact) mass is 373 g/mol. The fourth-order valence-electron chi connectivity index (χ4n) is 1.94. The van der Waals surface area contributed by atoms with Crippen molar-refractivity contribution in [2.75, 3.05) is 0 Å². The maximum atomic E-state index is 12.7. The van der Waals surface area contributed by atoms with Crippen molar-refractivity contribution in [3.8, 4) is 11.3 Å². The number of rotatable bonds is 5. The van der Waals surface area contributed by atoms with Gasteiger partial charge in [-0.05, 0) is 39.8 Å². The van der Waals surface area contributed by atoms with Crippen LogP contribution in [0.3, 0.4) is 0 Å². The molecule has 1 aromatic carbocycles. The Labute approximate surface area is 148 Å². The molecule has 2 rings (SSSR count). The maximum Gasteiger partial charge on any atom is 0.504 e. The zero-order chi connectivity index (χ0) is 19.0. The molecule has 0 amide bonds. The van der Waals surface area contributed by atoms with E-state index in [1.54, 1.807) is 27.7 Å². The molecule has 9 heteroatoms. The van der Waals surface area contributed by atoms with Crippen LogP contribution in [0.25, 0.3) is 11.3 Å². The van der Waals surface area contributed by atoms with E-state index in [2.05, 4.69) is 4.98 Å². The van der Waals surface area contributed by atoms with E-state index in [4.69, 9.17) is 4.65 Å². The van der Waals surface area contributed by atoms with Crippen LogP contribution in [0.1, 0.15) is 33.3 Å². The summed E-state index contributed by atoms with van der Waals surface area (Å²) in [6, 6.07) is 4.53. The minimum atomic E-state index is -4.41. The molecule has 0 atom stereocenters. The highest BCUT2D eigenvalue weighted by Gasteiger charge is 2.40. The summed E-state index contributed by atoms with van der Waals surface area (Å²) in [5.41, 5.74) is -0.772. The summed E-state index contributed by atoms with van der Waals surface area (Å²) in [7, 11) is -1.37. The molecule has 0 radical (unpaired) electrons. The number of nitrogens with zero attached hydrogens (tertiary/aromatic N) is 1. The van der Waals surface area contributed by atoms with Crippen LogP contribution in [0.4, 0.5) is 13.2 Å². The third-order valence-electron chi connectivity index (χ3n) is 4.18. The minimum absolute atomic E-state index is 0.345. The molecule has 0 unspecified atom stereocenters. The molecule has 2 N–H and O–H groups in total. The number of aliphatic hydroxyl groups is 1. The van der Waals surface area contributed by atoms with Crippen molar-refractivity contribution in [1.29, 1.82) is 0 Å². The van der Waals surface area contributed by atoms with Crippen LogP contribution in [0, 0.1) is 0 Å². The lowest BCUT2D eigenvalue weighted by molar-refractivity contribution is -0.137. The Morgan fingerprint density at radius 2 is 1.64 bits per heavy atom. The van der Waals surface area contributed by atoms with E-state index < -0.39 is 30.1 Å². The Balaban J connectivity index is 2.28. The van der Waals surface area contributed by atoms with Crippen LogP contribution in [0.2, 0.25) is 0 Å². The molecule has 0 fully saturated rings. The number of aromatic nitrogens is 1. The first-order valence-electron chi connectivity index (χ1n) is 7.52. The lowest BCUT2D eigenvalue weighted by Gasteiger charge is -2.38. The van der Waals surface area contributed by atoms with Crippen molar-refractivity contribution in [3.63, 3.8) is 0 Å². The second-order valence-electron chi connectivity index (χ2n) is 6.68. The Morgan fingerprint density at radius 1 is 1.08 bits per heavy atom. The summed E-state index contributed by atoms with van der Waals surface area (Å²) in [6.07, 6.45) is -4.41. The molecule has 0 saturated heterocycles. The quantitative estimate of drug-likeness (QED) is 0.791. The molecule has 1 aromatic heterocycles. The highest BCUT2D eigenvalue weighted by atomic mass is 32.1. The zero-order valence-corrected chi connectivity index (χ0v) is 15.1. The van der Waals surface area contributed by atoms with Gasteiger partial charge in [0.2, 0.25) is 0 Å². The first-order chi connectivity index (χ1) is 11.3. The predicted octanol–water partition coefficient (Wildman–Crippen LogP) is 3.08. The zero-order valence-electron chi connectivity index (χ0n) is 14.3. The molecule has 136 valence electrons. The van der Waals surface area contributed by atoms with Gasteiger partial charge in [0.05, 0.1) is 32.7 Å². The van der Waals surface area contributed by atoms with Crippen LogP contribution >= 0.6 is 11.3 Å². The molecular formula is C16H19BF3NO3S. The van der Waals surface area contributed by atoms with Crippen LogP contribution in [-0.2, 0) is 10.8 Å². The predicted molar refractivity (Wildman–Crippen MR) is 91.6 cm³/mol. The second-order valence-corrected chi connectivity index (χ2v) is 7.57.